The Morgan fingerprint density at radius 1 is 0.177 bits per heavy atom. The van der Waals surface area contributed by atoms with Crippen LogP contribution in [0.5, 0.6) is 0 Å². The van der Waals surface area contributed by atoms with Gasteiger partial charge in [0.25, 0.3) is 0 Å². The van der Waals surface area contributed by atoms with Crippen molar-refractivity contribution >= 4 is 130 Å². The minimum absolute atomic E-state index is 0.270. The van der Waals surface area contributed by atoms with Gasteiger partial charge in [-0.05, 0) is 219 Å². The molecule has 656 valence electrons. The van der Waals surface area contributed by atoms with E-state index in [-0.39, 0.29) is 5.82 Å². The Hall–Kier alpha value is -19.6. The van der Waals surface area contributed by atoms with Gasteiger partial charge in [-0.2, -0.15) is 5.26 Å². The first-order valence-corrected chi connectivity index (χ1v) is 46.2. The fourth-order valence-corrected chi connectivity index (χ4v) is 19.4. The number of hydrogen-bond acceptors (Lipinski definition) is 16. The number of nitrogens with zero attached hydrogens (tertiary/aromatic N) is 16. The second kappa shape index (κ2) is 35.7. The summed E-state index contributed by atoms with van der Waals surface area (Å²) in [5.74, 6) is 3.77. The standard InChI is InChI=1S/C42H24N6.C41H24FN5.C41H25N5/c43-25-26-13-15-27(16-14-26)28-17-19-29(20-18-28)40-46-41(36-23-30-7-1-2-9-32(30)33-10-3-4-11-34(33)36)48-42(47-40)37-24-31-8-5-21-44-38(31)39-35(37)12-6-22-45-39;42-30-11-5-9-27(22-30)25-16-18-26(19-17-25)39-45-40(35-23-28-8-1-2-12-31(28)32-13-3-4-14-33(32)35)47-41(46-39)36-24-29-10-6-20-43-37(29)38-34(36)15-7-21-44-38;1-2-12-31-28(8-1)23-35(33-14-4-3-13-32(31)33)37-25-38(36-24-29-11-6-18-43-39(29)40-34(36)15-7-19-44-40)46-41(45-37)30-10-5-9-27(22-30)26-16-20-42-21-17-26/h1-24H;1-24H;1-25H. The topological polar surface area (TPSA) is 217 Å². The summed E-state index contributed by atoms with van der Waals surface area (Å²) >= 11 is 0. The van der Waals surface area contributed by atoms with Gasteiger partial charge in [-0.3, -0.25) is 34.9 Å². The molecule has 0 aliphatic carbocycles. The van der Waals surface area contributed by atoms with Crippen molar-refractivity contribution < 1.29 is 4.39 Å². The molecule has 0 atom stereocenters. The van der Waals surface area contributed by atoms with Gasteiger partial charge < -0.3 is 0 Å². The molecule has 0 saturated heterocycles. The van der Waals surface area contributed by atoms with E-state index >= 15 is 0 Å². The minimum atomic E-state index is -0.270. The second-order valence-electron chi connectivity index (χ2n) is 34.5. The fraction of sp³-hybridized carbons (Fsp3) is 0. The van der Waals surface area contributed by atoms with Crippen LogP contribution in [-0.4, -0.2) is 74.8 Å². The first-order valence-electron chi connectivity index (χ1n) is 46.2. The molecule has 10 aromatic heterocycles. The Morgan fingerprint density at radius 2 is 0.461 bits per heavy atom. The van der Waals surface area contributed by atoms with Gasteiger partial charge >= 0.3 is 0 Å². The summed E-state index contributed by atoms with van der Waals surface area (Å²) in [5, 5.41) is 28.7. The summed E-state index contributed by atoms with van der Waals surface area (Å²) in [5.41, 5.74) is 21.5. The molecule has 0 amide bonds. The van der Waals surface area contributed by atoms with Gasteiger partial charge in [-0.15, -0.1) is 0 Å². The highest BCUT2D eigenvalue weighted by Gasteiger charge is 2.25. The lowest BCUT2D eigenvalue weighted by Gasteiger charge is -2.15. The fourth-order valence-electron chi connectivity index (χ4n) is 19.4. The number of aromatic nitrogens is 15. The molecule has 27 aromatic rings. The zero-order valence-electron chi connectivity index (χ0n) is 75.2. The van der Waals surface area contributed by atoms with Crippen molar-refractivity contribution in [2.24, 2.45) is 0 Å². The summed E-state index contributed by atoms with van der Waals surface area (Å²) in [7, 11) is 0. The molecule has 27 rings (SSSR count). The monoisotopic (exact) mass is 1800 g/mol. The van der Waals surface area contributed by atoms with E-state index in [4.69, 9.17) is 54.8 Å². The Bertz CT molecular complexity index is 9340. The molecule has 17 aromatic carbocycles. The molecule has 0 bridgehead atoms. The number of rotatable bonds is 12. The number of pyridine rings is 7. The van der Waals surface area contributed by atoms with Crippen LogP contribution in [0.1, 0.15) is 5.56 Å². The Labute approximate surface area is 806 Å². The zero-order valence-corrected chi connectivity index (χ0v) is 75.2. The molecule has 0 radical (unpaired) electrons. The van der Waals surface area contributed by atoms with Gasteiger partial charge in [0.05, 0.1) is 56.1 Å². The van der Waals surface area contributed by atoms with Crippen LogP contribution >= 0.6 is 0 Å². The summed E-state index contributed by atoms with van der Waals surface area (Å²) in [6.07, 6.45) is 14.4. The molecular formula is C124H73FN16. The Kier molecular flexibility index (Phi) is 21.1. The Morgan fingerprint density at radius 3 is 0.894 bits per heavy atom. The maximum absolute atomic E-state index is 14.0. The van der Waals surface area contributed by atoms with Crippen LogP contribution in [0.3, 0.4) is 0 Å². The van der Waals surface area contributed by atoms with E-state index in [0.717, 1.165) is 198 Å². The highest BCUT2D eigenvalue weighted by molar-refractivity contribution is 6.18. The van der Waals surface area contributed by atoms with E-state index < -0.39 is 0 Å². The molecule has 0 fully saturated rings. The van der Waals surface area contributed by atoms with E-state index in [0.29, 0.717) is 46.3 Å². The average molecular weight is 1810 g/mol. The van der Waals surface area contributed by atoms with Crippen molar-refractivity contribution in [1.29, 1.82) is 5.26 Å². The molecular weight excluding hydrogens is 1730 g/mol. The number of benzene rings is 17. The highest BCUT2D eigenvalue weighted by atomic mass is 19.1. The lowest BCUT2D eigenvalue weighted by atomic mass is 9.94. The predicted molar refractivity (Wildman–Crippen MR) is 566 cm³/mol. The molecule has 16 nitrogen and oxygen atoms in total. The summed E-state index contributed by atoms with van der Waals surface area (Å²) in [6.45, 7) is 0. The zero-order chi connectivity index (χ0) is 93.8. The molecule has 0 aliphatic heterocycles. The van der Waals surface area contributed by atoms with Crippen molar-refractivity contribution in [3.8, 4) is 142 Å². The summed E-state index contributed by atoms with van der Waals surface area (Å²) < 4.78 is 14.0. The molecule has 0 aliphatic rings. The number of hydrogen-bond donors (Lipinski definition) is 0. The van der Waals surface area contributed by atoms with Crippen molar-refractivity contribution in [3.05, 3.63) is 455 Å². The third-order valence-corrected chi connectivity index (χ3v) is 26.1. The Balaban J connectivity index is 0.000000111. The molecule has 141 heavy (non-hydrogen) atoms. The molecule has 0 spiro atoms. The maximum atomic E-state index is 14.0. The van der Waals surface area contributed by atoms with Crippen LogP contribution in [0.15, 0.2) is 444 Å². The van der Waals surface area contributed by atoms with E-state index in [1.807, 2.05) is 176 Å². The van der Waals surface area contributed by atoms with E-state index in [2.05, 4.69) is 250 Å². The minimum Gasteiger partial charge on any atom is -0.265 e. The number of halogens is 1. The third-order valence-electron chi connectivity index (χ3n) is 26.1. The average Bonchev–Trinajstić information content (AvgIpc) is 0.750. The predicted octanol–water partition coefficient (Wildman–Crippen LogP) is 29.8. The molecule has 10 heterocycles. The van der Waals surface area contributed by atoms with Crippen LogP contribution in [0, 0.1) is 17.1 Å². The largest absolute Gasteiger partial charge is 0.265 e. The molecule has 0 N–H and O–H groups in total. The normalized spacial score (nSPS) is 11.4. The van der Waals surface area contributed by atoms with Crippen LogP contribution < -0.4 is 0 Å². The lowest BCUT2D eigenvalue weighted by Crippen LogP contribution is -2.01. The van der Waals surface area contributed by atoms with Crippen LogP contribution in [-0.2, 0) is 0 Å². The van der Waals surface area contributed by atoms with Crippen molar-refractivity contribution in [2.75, 3.05) is 0 Å². The third kappa shape index (κ3) is 15.7. The van der Waals surface area contributed by atoms with Crippen LogP contribution in [0.4, 0.5) is 4.39 Å². The number of nitriles is 1. The van der Waals surface area contributed by atoms with Gasteiger partial charge in [0.2, 0.25) is 0 Å². The van der Waals surface area contributed by atoms with Crippen molar-refractivity contribution in [3.63, 3.8) is 0 Å². The molecule has 0 unspecified atom stereocenters. The highest BCUT2D eigenvalue weighted by Crippen LogP contribution is 2.45. The van der Waals surface area contributed by atoms with Gasteiger partial charge in [-0.25, -0.2) is 44.3 Å². The lowest BCUT2D eigenvalue weighted by molar-refractivity contribution is 0.628. The summed E-state index contributed by atoms with van der Waals surface area (Å²) in [4.78, 5) is 73.7. The van der Waals surface area contributed by atoms with Crippen molar-refractivity contribution in [2.45, 2.75) is 0 Å². The SMILES string of the molecule is Fc1cccc(-c2ccc(-c3nc(-c4cc5ccccc5c5ccccc45)nc(-c4cc5cccnc5c5ncccc45)n3)cc2)c1.N#Cc1ccc(-c2ccc(-c3nc(-c4cc5ccccc5c5ccccc45)nc(-c4cc5cccnc5c5ncccc45)n3)cc2)cc1.c1cc(-c2ccncc2)cc(-c2nc(-c3cc4ccccc4c4ccccc34)cc(-c3cc4cccnc4c4ncccc34)n2)c1. The van der Waals surface area contributed by atoms with E-state index in [9.17, 15) is 9.65 Å². The first-order chi connectivity index (χ1) is 69.7. The molecule has 17 heteroatoms. The quantitative estimate of drug-likeness (QED) is 0.104. The van der Waals surface area contributed by atoms with Crippen LogP contribution in [0.2, 0.25) is 0 Å². The summed E-state index contributed by atoms with van der Waals surface area (Å²) in [6, 6.07) is 135. The van der Waals surface area contributed by atoms with E-state index in [1.54, 1.807) is 30.9 Å². The van der Waals surface area contributed by atoms with Gasteiger partial charge in [0.15, 0.2) is 40.8 Å². The maximum Gasteiger partial charge on any atom is 0.164 e. The first kappa shape index (κ1) is 83.3. The van der Waals surface area contributed by atoms with Gasteiger partial charge in [0.1, 0.15) is 5.82 Å². The smallest absolute Gasteiger partial charge is 0.164 e. The van der Waals surface area contributed by atoms with E-state index in [1.165, 1.54) is 39.1 Å². The molecule has 0 saturated carbocycles. The second-order valence-corrected chi connectivity index (χ2v) is 34.5. The van der Waals surface area contributed by atoms with Crippen LogP contribution in [0.25, 0.3) is 266 Å². The van der Waals surface area contributed by atoms with Crippen molar-refractivity contribution in [1.82, 2.24) is 74.8 Å². The van der Waals surface area contributed by atoms with Gasteiger partial charge in [0, 0.05) is 132 Å². The van der Waals surface area contributed by atoms with Gasteiger partial charge in [-0.1, -0.05) is 273 Å². The number of fused-ring (bicyclic) bond motifs is 18.